The second-order valence-corrected chi connectivity index (χ2v) is 10.9. The third-order valence-corrected chi connectivity index (χ3v) is 7.03. The summed E-state index contributed by atoms with van der Waals surface area (Å²) in [6.45, 7) is 2.54. The lowest BCUT2D eigenvalue weighted by molar-refractivity contribution is -0.149. The number of sulfonamides is 1. The number of nitrogens with zero attached hydrogens (tertiary/aromatic N) is 1. The molecular formula is C23H26F4N2O4S. The molecular weight excluding hydrogens is 476 g/mol. The van der Waals surface area contributed by atoms with Gasteiger partial charge in [0.15, 0.2) is 0 Å². The minimum absolute atomic E-state index is 0.194. The topological polar surface area (TPSA) is 86.7 Å². The van der Waals surface area contributed by atoms with E-state index in [9.17, 15) is 35.9 Å². The summed E-state index contributed by atoms with van der Waals surface area (Å²) in [6, 6.07) is 5.96. The van der Waals surface area contributed by atoms with E-state index in [1.165, 1.54) is 13.0 Å². The standard InChI is InChI=1S/C23H26F4N2O4S/c1-4-34(32,33)28-20-19(29(13-23(20,26)27)21(30)22(2,3)31)9-14-6-5-7-15(8-14)16-10-17(24)12-18(25)11-16/h5-8,10-12,19-20,28,31H,4,9,13H2,1-3H3/t19-,20+/m0/s1. The van der Waals surface area contributed by atoms with Gasteiger partial charge in [-0.3, -0.25) is 4.79 Å². The van der Waals surface area contributed by atoms with Crippen molar-refractivity contribution in [3.63, 3.8) is 0 Å². The Balaban J connectivity index is 2.02. The fraction of sp³-hybridized carbons (Fsp3) is 0.435. The fourth-order valence-electron chi connectivity index (χ4n) is 3.99. The number of rotatable bonds is 7. The van der Waals surface area contributed by atoms with Crippen molar-refractivity contribution < 1.29 is 35.9 Å². The molecule has 1 amide bonds. The molecule has 34 heavy (non-hydrogen) atoms. The Kier molecular flexibility index (Phi) is 7.12. The van der Waals surface area contributed by atoms with Crippen molar-refractivity contribution in [1.29, 1.82) is 0 Å². The molecule has 2 aromatic rings. The highest BCUT2D eigenvalue weighted by atomic mass is 32.2. The van der Waals surface area contributed by atoms with Gasteiger partial charge in [-0.05, 0) is 56.0 Å². The third-order valence-electron chi connectivity index (χ3n) is 5.66. The second-order valence-electron chi connectivity index (χ2n) is 8.88. The molecule has 2 atom stereocenters. The van der Waals surface area contributed by atoms with Gasteiger partial charge in [-0.25, -0.2) is 30.7 Å². The Hall–Kier alpha value is -2.50. The van der Waals surface area contributed by atoms with Crippen molar-refractivity contribution in [1.82, 2.24) is 9.62 Å². The highest BCUT2D eigenvalue weighted by molar-refractivity contribution is 7.89. The van der Waals surface area contributed by atoms with Crippen LogP contribution in [-0.4, -0.2) is 60.2 Å². The van der Waals surface area contributed by atoms with Crippen molar-refractivity contribution in [2.75, 3.05) is 12.3 Å². The maximum atomic E-state index is 15.0. The molecule has 1 heterocycles. The monoisotopic (exact) mass is 502 g/mol. The minimum atomic E-state index is -4.06. The lowest BCUT2D eigenvalue weighted by atomic mass is 9.95. The van der Waals surface area contributed by atoms with E-state index in [1.807, 2.05) is 4.72 Å². The number of carbonyl (C=O) groups excluding carboxylic acids is 1. The number of likely N-dealkylation sites (tertiary alicyclic amines) is 1. The molecule has 0 aromatic heterocycles. The van der Waals surface area contributed by atoms with Gasteiger partial charge in [-0.1, -0.05) is 24.3 Å². The molecule has 0 radical (unpaired) electrons. The van der Waals surface area contributed by atoms with E-state index in [2.05, 4.69) is 0 Å². The molecule has 186 valence electrons. The predicted octanol–water partition coefficient (Wildman–Crippen LogP) is 3.10. The van der Waals surface area contributed by atoms with Crippen LogP contribution in [0.5, 0.6) is 0 Å². The smallest absolute Gasteiger partial charge is 0.283 e. The van der Waals surface area contributed by atoms with E-state index < -0.39 is 63.5 Å². The first kappa shape index (κ1) is 26.1. The third kappa shape index (κ3) is 5.76. The van der Waals surface area contributed by atoms with E-state index in [-0.39, 0.29) is 12.0 Å². The normalized spacial score (nSPS) is 20.5. The molecule has 1 aliphatic rings. The van der Waals surface area contributed by atoms with E-state index in [4.69, 9.17) is 0 Å². The van der Waals surface area contributed by atoms with Crippen LogP contribution >= 0.6 is 0 Å². The number of carbonyl (C=O) groups is 1. The number of amides is 1. The van der Waals surface area contributed by atoms with Gasteiger partial charge in [0.25, 0.3) is 11.8 Å². The molecule has 2 N–H and O–H groups in total. The average Bonchev–Trinajstić information content (AvgIpc) is 2.96. The predicted molar refractivity (Wildman–Crippen MR) is 119 cm³/mol. The van der Waals surface area contributed by atoms with Crippen LogP contribution in [0.15, 0.2) is 42.5 Å². The Labute approximate surface area is 195 Å². The molecule has 6 nitrogen and oxygen atoms in total. The Morgan fingerprint density at radius 1 is 1.15 bits per heavy atom. The van der Waals surface area contributed by atoms with Crippen LogP contribution in [-0.2, 0) is 21.2 Å². The lowest BCUT2D eigenvalue weighted by Gasteiger charge is -2.31. The zero-order valence-corrected chi connectivity index (χ0v) is 19.7. The van der Waals surface area contributed by atoms with Crippen LogP contribution < -0.4 is 4.72 Å². The first-order valence-corrected chi connectivity index (χ1v) is 12.2. The number of halogens is 4. The molecule has 0 spiro atoms. The largest absolute Gasteiger partial charge is 0.381 e. The number of benzene rings is 2. The Morgan fingerprint density at radius 2 is 1.76 bits per heavy atom. The van der Waals surface area contributed by atoms with Gasteiger partial charge in [0.1, 0.15) is 23.3 Å². The summed E-state index contributed by atoms with van der Waals surface area (Å²) in [5, 5.41) is 10.2. The molecule has 2 aromatic carbocycles. The van der Waals surface area contributed by atoms with Gasteiger partial charge in [0.2, 0.25) is 10.0 Å². The van der Waals surface area contributed by atoms with Crippen molar-refractivity contribution in [2.45, 2.75) is 50.8 Å². The van der Waals surface area contributed by atoms with Crippen LogP contribution in [0.4, 0.5) is 17.6 Å². The van der Waals surface area contributed by atoms with E-state index >= 15 is 0 Å². The van der Waals surface area contributed by atoms with Crippen LogP contribution in [0.2, 0.25) is 0 Å². The first-order valence-electron chi connectivity index (χ1n) is 10.6. The molecule has 1 saturated heterocycles. The summed E-state index contributed by atoms with van der Waals surface area (Å²) in [6.07, 6.45) is -0.194. The molecule has 11 heteroatoms. The summed E-state index contributed by atoms with van der Waals surface area (Å²) in [7, 11) is -4.06. The molecule has 3 rings (SSSR count). The highest BCUT2D eigenvalue weighted by Crippen LogP contribution is 2.36. The lowest BCUT2D eigenvalue weighted by Crippen LogP contribution is -2.54. The van der Waals surface area contributed by atoms with E-state index in [0.717, 1.165) is 36.9 Å². The zero-order chi connectivity index (χ0) is 25.5. The molecule has 1 aliphatic heterocycles. The maximum absolute atomic E-state index is 15.0. The molecule has 0 unspecified atom stereocenters. The van der Waals surface area contributed by atoms with Gasteiger partial charge >= 0.3 is 0 Å². The number of alkyl halides is 2. The summed E-state index contributed by atoms with van der Waals surface area (Å²) in [5.74, 6) is -6.58. The second kappa shape index (κ2) is 9.27. The SMILES string of the molecule is CCS(=O)(=O)N[C@@H]1[C@H](Cc2cccc(-c3cc(F)cc(F)c3)c2)N(C(=O)C(C)(C)O)CC1(F)F. The number of aliphatic hydroxyl groups is 1. The van der Waals surface area contributed by atoms with Gasteiger partial charge < -0.3 is 10.0 Å². The van der Waals surface area contributed by atoms with Crippen LogP contribution in [0.3, 0.4) is 0 Å². The van der Waals surface area contributed by atoms with Gasteiger partial charge in [0, 0.05) is 6.07 Å². The zero-order valence-electron chi connectivity index (χ0n) is 18.9. The van der Waals surface area contributed by atoms with Crippen molar-refractivity contribution in [2.24, 2.45) is 0 Å². The highest BCUT2D eigenvalue weighted by Gasteiger charge is 2.58. The van der Waals surface area contributed by atoms with Crippen molar-refractivity contribution in [3.8, 4) is 11.1 Å². The first-order chi connectivity index (χ1) is 15.6. The summed E-state index contributed by atoms with van der Waals surface area (Å²) < 4.78 is 83.6. The van der Waals surface area contributed by atoms with Crippen LogP contribution in [0, 0.1) is 11.6 Å². The summed E-state index contributed by atoms with van der Waals surface area (Å²) in [4.78, 5) is 13.6. The Morgan fingerprint density at radius 3 is 2.32 bits per heavy atom. The van der Waals surface area contributed by atoms with E-state index in [0.29, 0.717) is 11.1 Å². The minimum Gasteiger partial charge on any atom is -0.381 e. The van der Waals surface area contributed by atoms with Gasteiger partial charge in [-0.15, -0.1) is 0 Å². The van der Waals surface area contributed by atoms with Gasteiger partial charge in [-0.2, -0.15) is 0 Å². The summed E-state index contributed by atoms with van der Waals surface area (Å²) in [5.41, 5.74) is -0.900. The molecule has 1 fully saturated rings. The number of nitrogens with one attached hydrogen (secondary N) is 1. The number of hydrogen-bond donors (Lipinski definition) is 2. The van der Waals surface area contributed by atoms with E-state index in [1.54, 1.807) is 18.2 Å². The fourth-order valence-corrected chi connectivity index (χ4v) is 4.87. The van der Waals surface area contributed by atoms with Gasteiger partial charge in [0.05, 0.1) is 18.3 Å². The van der Waals surface area contributed by atoms with Crippen LogP contribution in [0.1, 0.15) is 26.3 Å². The van der Waals surface area contributed by atoms with Crippen molar-refractivity contribution >= 4 is 15.9 Å². The summed E-state index contributed by atoms with van der Waals surface area (Å²) >= 11 is 0. The molecule has 0 aliphatic carbocycles. The van der Waals surface area contributed by atoms with Crippen LogP contribution in [0.25, 0.3) is 11.1 Å². The Bertz CT molecular complexity index is 1160. The number of hydrogen-bond acceptors (Lipinski definition) is 4. The maximum Gasteiger partial charge on any atom is 0.283 e. The molecule has 0 bridgehead atoms. The van der Waals surface area contributed by atoms with Crippen molar-refractivity contribution in [3.05, 3.63) is 59.7 Å². The average molecular weight is 503 g/mol. The quantitative estimate of drug-likeness (QED) is 0.570. The molecule has 0 saturated carbocycles.